The number of carbonyl (C=O) groups is 1. The molecule has 1 unspecified atom stereocenters. The number of aromatic nitrogens is 4. The number of benzene rings is 1. The largest absolute Gasteiger partial charge is 0.332 e. The van der Waals surface area contributed by atoms with Gasteiger partial charge in [0, 0.05) is 42.0 Å². The maximum absolute atomic E-state index is 13.2. The maximum atomic E-state index is 13.2. The third kappa shape index (κ3) is 2.89. The van der Waals surface area contributed by atoms with Gasteiger partial charge in [0.1, 0.15) is 11.6 Å². The van der Waals surface area contributed by atoms with E-state index >= 15 is 0 Å². The summed E-state index contributed by atoms with van der Waals surface area (Å²) in [6.45, 7) is 4.65. The van der Waals surface area contributed by atoms with Crippen molar-refractivity contribution in [3.05, 3.63) is 53.5 Å². The lowest BCUT2D eigenvalue weighted by molar-refractivity contribution is -0.120. The first-order valence-electron chi connectivity index (χ1n) is 8.65. The molecule has 0 saturated carbocycles. The Labute approximate surface area is 150 Å². The molecule has 6 nitrogen and oxygen atoms in total. The number of nitrogens with one attached hydrogen (secondary N) is 2. The predicted molar refractivity (Wildman–Crippen MR) is 96.1 cm³/mol. The topological polar surface area (TPSA) is 75.6 Å². The quantitative estimate of drug-likeness (QED) is 0.759. The van der Waals surface area contributed by atoms with Gasteiger partial charge in [0.25, 0.3) is 0 Å². The van der Waals surface area contributed by atoms with Gasteiger partial charge in [0.05, 0.1) is 0 Å². The van der Waals surface area contributed by atoms with E-state index in [1.165, 1.54) is 12.1 Å². The van der Waals surface area contributed by atoms with E-state index in [9.17, 15) is 9.18 Å². The standard InChI is InChI=1S/C19H20FN5O/c1-11-17(13-3-5-15(20)6-4-13)18(24-23-11)22-19(26)14-7-8-25-12(2)21-10-16(25)9-14/h3-6,10,14H,7-9H2,1-2H3,(H2,22,23,24,26). The average Bonchev–Trinajstić information content (AvgIpc) is 3.19. The monoisotopic (exact) mass is 353 g/mol. The molecule has 3 aromatic rings. The number of hydrogen-bond donors (Lipinski definition) is 2. The van der Waals surface area contributed by atoms with Crippen molar-refractivity contribution >= 4 is 11.7 Å². The Kier molecular flexibility index (Phi) is 4.06. The van der Waals surface area contributed by atoms with Gasteiger partial charge >= 0.3 is 0 Å². The van der Waals surface area contributed by atoms with Crippen LogP contribution in [0.15, 0.2) is 30.5 Å². The van der Waals surface area contributed by atoms with Crippen molar-refractivity contribution in [3.63, 3.8) is 0 Å². The fourth-order valence-electron chi connectivity index (χ4n) is 3.55. The minimum atomic E-state index is -0.297. The molecule has 4 rings (SSSR count). The zero-order valence-corrected chi connectivity index (χ0v) is 14.7. The van der Waals surface area contributed by atoms with Crippen molar-refractivity contribution < 1.29 is 9.18 Å². The van der Waals surface area contributed by atoms with E-state index in [-0.39, 0.29) is 17.6 Å². The Morgan fingerprint density at radius 1 is 1.31 bits per heavy atom. The van der Waals surface area contributed by atoms with Gasteiger partial charge in [0.2, 0.25) is 5.91 Å². The van der Waals surface area contributed by atoms with Gasteiger partial charge in [-0.15, -0.1) is 0 Å². The molecule has 3 heterocycles. The number of hydrogen-bond acceptors (Lipinski definition) is 3. The molecule has 0 radical (unpaired) electrons. The summed E-state index contributed by atoms with van der Waals surface area (Å²) in [6.07, 6.45) is 3.28. The molecule has 26 heavy (non-hydrogen) atoms. The van der Waals surface area contributed by atoms with Crippen molar-refractivity contribution in [2.75, 3.05) is 5.32 Å². The number of anilines is 1. The van der Waals surface area contributed by atoms with Gasteiger partial charge in [0.15, 0.2) is 5.82 Å². The zero-order valence-electron chi connectivity index (χ0n) is 14.7. The van der Waals surface area contributed by atoms with Crippen molar-refractivity contribution in [1.29, 1.82) is 0 Å². The Balaban J connectivity index is 1.55. The number of amides is 1. The molecule has 2 N–H and O–H groups in total. The second-order valence-electron chi connectivity index (χ2n) is 6.71. The fraction of sp³-hybridized carbons (Fsp3) is 0.316. The number of aryl methyl sites for hydroxylation is 2. The van der Waals surface area contributed by atoms with E-state index in [4.69, 9.17) is 0 Å². The van der Waals surface area contributed by atoms with Crippen LogP contribution < -0.4 is 5.32 Å². The van der Waals surface area contributed by atoms with Crippen molar-refractivity contribution in [2.24, 2.45) is 5.92 Å². The summed E-state index contributed by atoms with van der Waals surface area (Å²) in [5.41, 5.74) is 3.51. The number of imidazole rings is 1. The zero-order chi connectivity index (χ0) is 18.3. The molecule has 1 atom stereocenters. The van der Waals surface area contributed by atoms with Crippen LogP contribution >= 0.6 is 0 Å². The summed E-state index contributed by atoms with van der Waals surface area (Å²) in [5, 5.41) is 10.1. The lowest BCUT2D eigenvalue weighted by Crippen LogP contribution is -2.30. The van der Waals surface area contributed by atoms with E-state index in [1.54, 1.807) is 12.1 Å². The van der Waals surface area contributed by atoms with Crippen molar-refractivity contribution in [1.82, 2.24) is 19.7 Å². The van der Waals surface area contributed by atoms with Gasteiger partial charge in [-0.1, -0.05) is 12.1 Å². The molecule has 0 bridgehead atoms. The smallest absolute Gasteiger partial charge is 0.229 e. The van der Waals surface area contributed by atoms with Gasteiger partial charge in [-0.2, -0.15) is 5.10 Å². The molecule has 2 aromatic heterocycles. The van der Waals surface area contributed by atoms with Crippen LogP contribution in [0.5, 0.6) is 0 Å². The van der Waals surface area contributed by atoms with Gasteiger partial charge in [-0.25, -0.2) is 9.37 Å². The van der Waals surface area contributed by atoms with E-state index in [2.05, 4.69) is 25.1 Å². The van der Waals surface area contributed by atoms with Crippen LogP contribution in [0.3, 0.4) is 0 Å². The van der Waals surface area contributed by atoms with E-state index in [0.717, 1.165) is 41.3 Å². The highest BCUT2D eigenvalue weighted by molar-refractivity contribution is 5.96. The molecule has 0 spiro atoms. The number of H-pyrrole nitrogens is 1. The van der Waals surface area contributed by atoms with E-state index in [0.29, 0.717) is 12.2 Å². The minimum absolute atomic E-state index is 0.0510. The molecule has 1 aliphatic rings. The van der Waals surface area contributed by atoms with E-state index in [1.807, 2.05) is 20.0 Å². The van der Waals surface area contributed by atoms with Crippen LogP contribution in [0.25, 0.3) is 11.1 Å². The summed E-state index contributed by atoms with van der Waals surface area (Å²) in [5.74, 6) is 1.01. The Hall–Kier alpha value is -2.96. The summed E-state index contributed by atoms with van der Waals surface area (Å²) in [7, 11) is 0. The fourth-order valence-corrected chi connectivity index (χ4v) is 3.55. The third-order valence-electron chi connectivity index (χ3n) is 4.99. The van der Waals surface area contributed by atoms with E-state index < -0.39 is 0 Å². The first kappa shape index (κ1) is 16.5. The molecule has 0 aliphatic carbocycles. The predicted octanol–water partition coefficient (Wildman–Crippen LogP) is 3.23. The lowest BCUT2D eigenvalue weighted by atomic mass is 9.95. The number of nitrogens with zero attached hydrogens (tertiary/aromatic N) is 3. The molecule has 1 aliphatic heterocycles. The Bertz CT molecular complexity index is 957. The summed E-state index contributed by atoms with van der Waals surface area (Å²) >= 11 is 0. The number of aromatic amines is 1. The van der Waals surface area contributed by atoms with Gasteiger partial charge in [-0.3, -0.25) is 9.89 Å². The summed E-state index contributed by atoms with van der Waals surface area (Å²) in [6, 6.07) is 6.17. The van der Waals surface area contributed by atoms with Gasteiger partial charge in [-0.05, 0) is 38.0 Å². The first-order valence-corrected chi connectivity index (χ1v) is 8.65. The van der Waals surface area contributed by atoms with Gasteiger partial charge < -0.3 is 9.88 Å². The average molecular weight is 353 g/mol. The molecule has 134 valence electrons. The Morgan fingerprint density at radius 3 is 2.85 bits per heavy atom. The van der Waals surface area contributed by atoms with Crippen molar-refractivity contribution in [2.45, 2.75) is 33.2 Å². The highest BCUT2D eigenvalue weighted by Gasteiger charge is 2.27. The molecule has 0 saturated heterocycles. The third-order valence-corrected chi connectivity index (χ3v) is 4.99. The molecular weight excluding hydrogens is 333 g/mol. The number of carbonyl (C=O) groups excluding carboxylic acids is 1. The van der Waals surface area contributed by atoms with Crippen LogP contribution in [-0.2, 0) is 17.8 Å². The normalized spacial score (nSPS) is 16.3. The lowest BCUT2D eigenvalue weighted by Gasteiger charge is -2.23. The highest BCUT2D eigenvalue weighted by Crippen LogP contribution is 2.31. The van der Waals surface area contributed by atoms with Crippen LogP contribution in [0, 0.1) is 25.6 Å². The van der Waals surface area contributed by atoms with Crippen molar-refractivity contribution in [3.8, 4) is 11.1 Å². The molecule has 1 amide bonds. The second kappa shape index (κ2) is 6.40. The van der Waals surface area contributed by atoms with Crippen LogP contribution in [0.2, 0.25) is 0 Å². The minimum Gasteiger partial charge on any atom is -0.332 e. The highest BCUT2D eigenvalue weighted by atomic mass is 19.1. The maximum Gasteiger partial charge on any atom is 0.229 e. The summed E-state index contributed by atoms with van der Waals surface area (Å²) < 4.78 is 15.4. The molecule has 0 fully saturated rings. The van der Waals surface area contributed by atoms with Crippen LogP contribution in [0.1, 0.15) is 23.6 Å². The Morgan fingerprint density at radius 2 is 2.08 bits per heavy atom. The molecular formula is C19H20FN5O. The second-order valence-corrected chi connectivity index (χ2v) is 6.71. The molecule has 1 aromatic carbocycles. The summed E-state index contributed by atoms with van der Waals surface area (Å²) in [4.78, 5) is 17.1. The van der Waals surface area contributed by atoms with Crippen LogP contribution in [0.4, 0.5) is 10.2 Å². The first-order chi connectivity index (χ1) is 12.5. The number of halogens is 1. The SMILES string of the molecule is Cc1[nH]nc(NC(=O)C2CCn3c(cnc3C)C2)c1-c1ccc(F)cc1. The van der Waals surface area contributed by atoms with Crippen LogP contribution in [-0.4, -0.2) is 25.7 Å². The number of rotatable bonds is 3. The number of fused-ring (bicyclic) bond motifs is 1. The molecule has 7 heteroatoms.